The third-order valence-corrected chi connectivity index (χ3v) is 3.42. The molecule has 2 rings (SSSR count). The molecule has 24 heavy (non-hydrogen) atoms. The minimum absolute atomic E-state index is 0.123. The number of aryl methyl sites for hydroxylation is 2. The van der Waals surface area contributed by atoms with Gasteiger partial charge in [0.15, 0.2) is 0 Å². The molecule has 0 aliphatic rings. The molecule has 0 saturated carbocycles. The zero-order valence-corrected chi connectivity index (χ0v) is 14.5. The van der Waals surface area contributed by atoms with Gasteiger partial charge in [-0.05, 0) is 52.0 Å². The van der Waals surface area contributed by atoms with Crippen molar-refractivity contribution >= 4 is 5.97 Å². The lowest BCUT2D eigenvalue weighted by atomic mass is 10.2. The van der Waals surface area contributed by atoms with Crippen molar-refractivity contribution in [2.75, 3.05) is 13.2 Å². The highest BCUT2D eigenvalue weighted by Crippen LogP contribution is 2.18. The predicted molar refractivity (Wildman–Crippen MR) is 88.1 cm³/mol. The molecule has 0 unspecified atom stereocenters. The van der Waals surface area contributed by atoms with E-state index in [4.69, 9.17) is 18.7 Å². The predicted octanol–water partition coefficient (Wildman–Crippen LogP) is 3.45. The van der Waals surface area contributed by atoms with Crippen LogP contribution in [0.1, 0.15) is 41.2 Å². The third kappa shape index (κ3) is 5.09. The van der Waals surface area contributed by atoms with Crippen molar-refractivity contribution in [2.45, 2.75) is 40.4 Å². The van der Waals surface area contributed by atoms with Crippen LogP contribution in [0.3, 0.4) is 0 Å². The highest BCUT2D eigenvalue weighted by atomic mass is 16.6. The summed E-state index contributed by atoms with van der Waals surface area (Å²) in [5.41, 5.74) is 2.23. The molecule has 0 fully saturated rings. The number of benzene rings is 1. The number of hydrogen-bond donors (Lipinski definition) is 0. The van der Waals surface area contributed by atoms with Crippen molar-refractivity contribution in [3.63, 3.8) is 0 Å². The maximum absolute atomic E-state index is 11.9. The van der Waals surface area contributed by atoms with Crippen molar-refractivity contribution in [1.29, 1.82) is 0 Å². The van der Waals surface area contributed by atoms with Gasteiger partial charge in [-0.25, -0.2) is 4.79 Å². The topological polar surface area (TPSA) is 70.8 Å². The highest BCUT2D eigenvalue weighted by molar-refractivity contribution is 5.89. The number of carbonyl (C=O) groups excluding carboxylic acids is 1. The van der Waals surface area contributed by atoms with Crippen LogP contribution in [0, 0.1) is 13.8 Å². The summed E-state index contributed by atoms with van der Waals surface area (Å²) < 4.78 is 21.3. The molecule has 1 aromatic heterocycles. The average Bonchev–Trinajstić information content (AvgIpc) is 2.88. The Morgan fingerprint density at radius 3 is 2.46 bits per heavy atom. The SMILES string of the molecule is Cc1noc(C)c1COc1ccc(C(=O)OCCOC(C)C)cc1. The van der Waals surface area contributed by atoms with Gasteiger partial charge in [0.05, 0.1) is 29.5 Å². The number of ether oxygens (including phenoxy) is 3. The normalized spacial score (nSPS) is 10.9. The van der Waals surface area contributed by atoms with Crippen LogP contribution in [0.4, 0.5) is 0 Å². The van der Waals surface area contributed by atoms with Gasteiger partial charge in [-0.1, -0.05) is 5.16 Å². The molecular weight excluding hydrogens is 310 g/mol. The van der Waals surface area contributed by atoms with E-state index in [1.54, 1.807) is 24.3 Å². The molecule has 0 amide bonds. The number of hydrogen-bond acceptors (Lipinski definition) is 6. The van der Waals surface area contributed by atoms with E-state index in [9.17, 15) is 4.79 Å². The van der Waals surface area contributed by atoms with E-state index in [-0.39, 0.29) is 18.7 Å². The van der Waals surface area contributed by atoms with Crippen LogP contribution in [0.2, 0.25) is 0 Å². The molecule has 0 aliphatic heterocycles. The minimum atomic E-state index is -0.375. The Labute approximate surface area is 141 Å². The summed E-state index contributed by atoms with van der Waals surface area (Å²) in [5, 5.41) is 3.89. The van der Waals surface area contributed by atoms with Crippen LogP contribution in [0.15, 0.2) is 28.8 Å². The zero-order valence-electron chi connectivity index (χ0n) is 14.5. The first kappa shape index (κ1) is 18.0. The van der Waals surface area contributed by atoms with Crippen LogP contribution >= 0.6 is 0 Å². The van der Waals surface area contributed by atoms with Crippen molar-refractivity contribution in [3.05, 3.63) is 46.8 Å². The Balaban J connectivity index is 1.83. The van der Waals surface area contributed by atoms with Gasteiger partial charge in [-0.15, -0.1) is 0 Å². The first-order valence-electron chi connectivity index (χ1n) is 7.90. The van der Waals surface area contributed by atoms with Gasteiger partial charge in [-0.3, -0.25) is 0 Å². The number of aromatic nitrogens is 1. The molecule has 6 nitrogen and oxygen atoms in total. The summed E-state index contributed by atoms with van der Waals surface area (Å²) in [6, 6.07) is 6.82. The molecule has 0 N–H and O–H groups in total. The lowest BCUT2D eigenvalue weighted by Crippen LogP contribution is -2.13. The van der Waals surface area contributed by atoms with Gasteiger partial charge < -0.3 is 18.7 Å². The standard InChI is InChI=1S/C18H23NO5/c1-12(2)21-9-10-22-18(20)15-5-7-16(8-6-15)23-11-17-13(3)19-24-14(17)4/h5-8,12H,9-11H2,1-4H3. The second kappa shape index (κ2) is 8.49. The summed E-state index contributed by atoms with van der Waals surface area (Å²) in [7, 11) is 0. The number of carbonyl (C=O) groups is 1. The van der Waals surface area contributed by atoms with Crippen LogP contribution in [-0.4, -0.2) is 30.4 Å². The molecule has 0 radical (unpaired) electrons. The fourth-order valence-corrected chi connectivity index (χ4v) is 2.05. The maximum atomic E-state index is 11.9. The van der Waals surface area contributed by atoms with Gasteiger partial charge in [0.1, 0.15) is 24.7 Å². The number of esters is 1. The van der Waals surface area contributed by atoms with Crippen LogP contribution < -0.4 is 4.74 Å². The minimum Gasteiger partial charge on any atom is -0.489 e. The van der Waals surface area contributed by atoms with Gasteiger partial charge in [-0.2, -0.15) is 0 Å². The largest absolute Gasteiger partial charge is 0.489 e. The van der Waals surface area contributed by atoms with Crippen molar-refractivity contribution in [2.24, 2.45) is 0 Å². The van der Waals surface area contributed by atoms with Gasteiger partial charge >= 0.3 is 5.97 Å². The number of rotatable bonds is 8. The summed E-state index contributed by atoms with van der Waals surface area (Å²) in [5.74, 6) is 1.03. The first-order valence-corrected chi connectivity index (χ1v) is 7.90. The van der Waals surface area contributed by atoms with Gasteiger partial charge in [0, 0.05) is 0 Å². The van der Waals surface area contributed by atoms with Crippen molar-refractivity contribution in [3.8, 4) is 5.75 Å². The van der Waals surface area contributed by atoms with E-state index in [2.05, 4.69) is 5.16 Å². The summed E-state index contributed by atoms with van der Waals surface area (Å²) >= 11 is 0. The quantitative estimate of drug-likeness (QED) is 0.544. The van der Waals surface area contributed by atoms with Crippen LogP contribution in [0.25, 0.3) is 0 Å². The van der Waals surface area contributed by atoms with Crippen molar-refractivity contribution in [1.82, 2.24) is 5.16 Å². The van der Waals surface area contributed by atoms with Gasteiger partial charge in [0.25, 0.3) is 0 Å². The van der Waals surface area contributed by atoms with E-state index < -0.39 is 0 Å². The Hall–Kier alpha value is -2.34. The Morgan fingerprint density at radius 1 is 1.17 bits per heavy atom. The zero-order chi connectivity index (χ0) is 17.5. The van der Waals surface area contributed by atoms with E-state index in [0.29, 0.717) is 24.5 Å². The second-order valence-corrected chi connectivity index (χ2v) is 5.67. The smallest absolute Gasteiger partial charge is 0.338 e. The van der Waals surface area contributed by atoms with E-state index in [0.717, 1.165) is 17.0 Å². The molecule has 1 heterocycles. The molecule has 6 heteroatoms. The molecule has 0 atom stereocenters. The molecule has 1 aromatic carbocycles. The van der Waals surface area contributed by atoms with Crippen LogP contribution in [0.5, 0.6) is 5.75 Å². The molecule has 0 aliphatic carbocycles. The van der Waals surface area contributed by atoms with Gasteiger partial charge in [0.2, 0.25) is 0 Å². The fourth-order valence-electron chi connectivity index (χ4n) is 2.05. The lowest BCUT2D eigenvalue weighted by Gasteiger charge is -2.09. The average molecular weight is 333 g/mol. The van der Waals surface area contributed by atoms with Crippen LogP contribution in [-0.2, 0) is 16.1 Å². The third-order valence-electron chi connectivity index (χ3n) is 3.42. The van der Waals surface area contributed by atoms with E-state index in [1.165, 1.54) is 0 Å². The summed E-state index contributed by atoms with van der Waals surface area (Å²) in [4.78, 5) is 11.9. The fraction of sp³-hybridized carbons (Fsp3) is 0.444. The second-order valence-electron chi connectivity index (χ2n) is 5.67. The molecule has 130 valence electrons. The molecule has 0 saturated heterocycles. The first-order chi connectivity index (χ1) is 11.5. The molecule has 2 aromatic rings. The number of nitrogens with zero attached hydrogens (tertiary/aromatic N) is 1. The molecule has 0 spiro atoms. The highest BCUT2D eigenvalue weighted by Gasteiger charge is 2.11. The summed E-state index contributed by atoms with van der Waals surface area (Å²) in [6.07, 6.45) is 0.123. The maximum Gasteiger partial charge on any atom is 0.338 e. The van der Waals surface area contributed by atoms with Crippen molar-refractivity contribution < 1.29 is 23.5 Å². The Bertz CT molecular complexity index is 641. The molecular formula is C18H23NO5. The summed E-state index contributed by atoms with van der Waals surface area (Å²) in [6.45, 7) is 8.59. The van der Waals surface area contributed by atoms with E-state index in [1.807, 2.05) is 27.7 Å². The Morgan fingerprint density at radius 2 is 1.88 bits per heavy atom. The monoisotopic (exact) mass is 333 g/mol. The Kier molecular flexibility index (Phi) is 6.37. The van der Waals surface area contributed by atoms with E-state index >= 15 is 0 Å². The molecule has 0 bridgehead atoms. The lowest BCUT2D eigenvalue weighted by molar-refractivity contribution is 0.0177.